The summed E-state index contributed by atoms with van der Waals surface area (Å²) in [5.74, 6) is -0.249. The lowest BCUT2D eigenvalue weighted by molar-refractivity contribution is -0.136. The fourth-order valence-corrected chi connectivity index (χ4v) is 2.17. The van der Waals surface area contributed by atoms with Gasteiger partial charge in [0, 0.05) is 6.20 Å². The summed E-state index contributed by atoms with van der Waals surface area (Å²) in [5, 5.41) is 2.56. The van der Waals surface area contributed by atoms with Crippen LogP contribution in [0.5, 0.6) is 0 Å². The van der Waals surface area contributed by atoms with Crippen molar-refractivity contribution in [2.24, 2.45) is 0 Å². The number of hydrogen-bond donors (Lipinski definition) is 3. The molecule has 2 heterocycles. The van der Waals surface area contributed by atoms with Crippen molar-refractivity contribution in [3.63, 3.8) is 0 Å². The van der Waals surface area contributed by atoms with Crippen molar-refractivity contribution in [1.29, 1.82) is 0 Å². The largest absolute Gasteiger partial charge is 0.418 e. The zero-order valence-corrected chi connectivity index (χ0v) is 11.5. The van der Waals surface area contributed by atoms with E-state index in [2.05, 4.69) is 20.3 Å². The number of H-pyrrole nitrogens is 1. The molecule has 2 aromatic heterocycles. The van der Waals surface area contributed by atoms with Crippen LogP contribution in [0.3, 0.4) is 0 Å². The lowest BCUT2D eigenvalue weighted by Gasteiger charge is -2.14. The van der Waals surface area contributed by atoms with Crippen molar-refractivity contribution in [3.8, 4) is 0 Å². The highest BCUT2D eigenvalue weighted by molar-refractivity contribution is 5.91. The summed E-state index contributed by atoms with van der Waals surface area (Å²) in [6.07, 6.45) is -3.19. The van der Waals surface area contributed by atoms with Gasteiger partial charge in [-0.15, -0.1) is 0 Å². The highest BCUT2D eigenvalue weighted by atomic mass is 19.4. The Morgan fingerprint density at radius 2 is 1.87 bits per heavy atom. The summed E-state index contributed by atoms with van der Waals surface area (Å²) >= 11 is 0. The third-order valence-electron chi connectivity index (χ3n) is 3.12. The van der Waals surface area contributed by atoms with E-state index in [1.807, 2.05) is 0 Å². The molecule has 3 rings (SSSR count). The van der Waals surface area contributed by atoms with E-state index in [1.165, 1.54) is 30.5 Å². The molecule has 0 radical (unpaired) electrons. The second-order valence-electron chi connectivity index (χ2n) is 4.67. The maximum absolute atomic E-state index is 13.1. The van der Waals surface area contributed by atoms with Crippen molar-refractivity contribution in [3.05, 3.63) is 52.4 Å². The number of nitrogen functional groups attached to an aromatic ring is 1. The van der Waals surface area contributed by atoms with Crippen molar-refractivity contribution < 1.29 is 13.2 Å². The van der Waals surface area contributed by atoms with Crippen molar-refractivity contribution in [1.82, 2.24) is 15.0 Å². The number of pyridine rings is 1. The van der Waals surface area contributed by atoms with Crippen LogP contribution in [0.2, 0.25) is 0 Å². The number of rotatable bonds is 2. The van der Waals surface area contributed by atoms with Gasteiger partial charge in [-0.2, -0.15) is 18.2 Å². The Labute approximate surface area is 127 Å². The first kappa shape index (κ1) is 14.8. The molecular weight excluding hydrogens is 311 g/mol. The zero-order chi connectivity index (χ0) is 16.6. The van der Waals surface area contributed by atoms with Gasteiger partial charge in [0.15, 0.2) is 0 Å². The first-order valence-corrected chi connectivity index (χ1v) is 6.44. The summed E-state index contributed by atoms with van der Waals surface area (Å²) < 4.78 is 39.2. The summed E-state index contributed by atoms with van der Waals surface area (Å²) in [6.45, 7) is 0. The van der Waals surface area contributed by atoms with Crippen LogP contribution in [0.4, 0.5) is 30.6 Å². The van der Waals surface area contributed by atoms with Gasteiger partial charge in [0.25, 0.3) is 5.56 Å². The molecule has 0 fully saturated rings. The van der Waals surface area contributed by atoms with Crippen LogP contribution < -0.4 is 16.6 Å². The van der Waals surface area contributed by atoms with E-state index < -0.39 is 17.3 Å². The molecule has 118 valence electrons. The normalized spacial score (nSPS) is 11.6. The van der Waals surface area contributed by atoms with Gasteiger partial charge in [-0.05, 0) is 18.2 Å². The fourth-order valence-electron chi connectivity index (χ4n) is 2.17. The molecule has 0 amide bonds. The third-order valence-corrected chi connectivity index (χ3v) is 3.12. The monoisotopic (exact) mass is 321 g/mol. The molecular formula is C14H10F3N5O. The average Bonchev–Trinajstić information content (AvgIpc) is 2.46. The van der Waals surface area contributed by atoms with Crippen molar-refractivity contribution >= 4 is 28.4 Å². The van der Waals surface area contributed by atoms with E-state index in [1.54, 1.807) is 0 Å². The van der Waals surface area contributed by atoms with Gasteiger partial charge < -0.3 is 16.0 Å². The standard InChI is InChI=1S/C14H10F3N5O/c15-14(16,17)7-3-1-2-4-8(7)20-11-10-9(21-13(18)22-11)5-6-19-12(10)23/h1-6H,(H,19,23)(H3,18,20,21,22). The van der Waals surface area contributed by atoms with Crippen LogP contribution in [-0.2, 0) is 6.18 Å². The molecule has 4 N–H and O–H groups in total. The topological polar surface area (TPSA) is 96.7 Å². The Balaban J connectivity index is 2.19. The first-order valence-electron chi connectivity index (χ1n) is 6.44. The van der Waals surface area contributed by atoms with Gasteiger partial charge in [0.2, 0.25) is 5.95 Å². The molecule has 0 bridgehead atoms. The van der Waals surface area contributed by atoms with E-state index in [9.17, 15) is 18.0 Å². The number of para-hydroxylation sites is 1. The number of fused-ring (bicyclic) bond motifs is 1. The van der Waals surface area contributed by atoms with E-state index in [4.69, 9.17) is 5.73 Å². The SMILES string of the molecule is Nc1nc(Nc2ccccc2C(F)(F)F)c2c(=O)[nH]ccc2n1. The molecule has 9 heteroatoms. The predicted octanol–water partition coefficient (Wildman–Crippen LogP) is 2.66. The smallest absolute Gasteiger partial charge is 0.368 e. The number of nitrogens with one attached hydrogen (secondary N) is 2. The number of alkyl halides is 3. The summed E-state index contributed by atoms with van der Waals surface area (Å²) in [4.78, 5) is 22.1. The molecule has 0 aliphatic carbocycles. The number of aromatic nitrogens is 3. The molecule has 3 aromatic rings. The quantitative estimate of drug-likeness (QED) is 0.674. The number of benzene rings is 1. The summed E-state index contributed by atoms with van der Waals surface area (Å²) in [5.41, 5.74) is 4.14. The molecule has 0 aliphatic rings. The zero-order valence-electron chi connectivity index (χ0n) is 11.5. The maximum Gasteiger partial charge on any atom is 0.418 e. The number of hydrogen-bond acceptors (Lipinski definition) is 5. The minimum Gasteiger partial charge on any atom is -0.368 e. The third kappa shape index (κ3) is 2.80. The van der Waals surface area contributed by atoms with E-state index >= 15 is 0 Å². The van der Waals surface area contributed by atoms with Crippen LogP contribution in [0.15, 0.2) is 41.3 Å². The van der Waals surface area contributed by atoms with Gasteiger partial charge in [0.05, 0.1) is 16.8 Å². The number of nitrogens with two attached hydrogens (primary N) is 1. The summed E-state index contributed by atoms with van der Waals surface area (Å²) in [7, 11) is 0. The van der Waals surface area contributed by atoms with Gasteiger partial charge >= 0.3 is 6.18 Å². The molecule has 0 saturated heterocycles. The predicted molar refractivity (Wildman–Crippen MR) is 79.3 cm³/mol. The van der Waals surface area contributed by atoms with Crippen LogP contribution >= 0.6 is 0 Å². The maximum atomic E-state index is 13.1. The molecule has 0 spiro atoms. The molecule has 1 aromatic carbocycles. The number of aromatic amines is 1. The Morgan fingerprint density at radius 3 is 2.61 bits per heavy atom. The lowest BCUT2D eigenvalue weighted by atomic mass is 10.1. The van der Waals surface area contributed by atoms with E-state index in [0.29, 0.717) is 0 Å². The molecule has 0 unspecified atom stereocenters. The second-order valence-corrected chi connectivity index (χ2v) is 4.67. The Morgan fingerprint density at radius 1 is 1.13 bits per heavy atom. The molecule has 0 atom stereocenters. The molecule has 0 saturated carbocycles. The van der Waals surface area contributed by atoms with E-state index in [-0.39, 0.29) is 28.4 Å². The lowest BCUT2D eigenvalue weighted by Crippen LogP contribution is -2.13. The minimum atomic E-state index is -4.55. The van der Waals surface area contributed by atoms with Crippen LogP contribution in [0.1, 0.15) is 5.56 Å². The van der Waals surface area contributed by atoms with Crippen molar-refractivity contribution in [2.45, 2.75) is 6.18 Å². The Kier molecular flexibility index (Phi) is 3.40. The Bertz CT molecular complexity index is 936. The van der Waals surface area contributed by atoms with E-state index in [0.717, 1.165) is 6.07 Å². The van der Waals surface area contributed by atoms with Crippen LogP contribution in [0.25, 0.3) is 10.9 Å². The first-order chi connectivity index (χ1) is 10.9. The fraction of sp³-hybridized carbons (Fsp3) is 0.0714. The molecule has 0 aliphatic heterocycles. The molecule has 6 nitrogen and oxygen atoms in total. The van der Waals surface area contributed by atoms with Gasteiger partial charge in [-0.1, -0.05) is 12.1 Å². The number of anilines is 3. The van der Waals surface area contributed by atoms with Gasteiger partial charge in [-0.3, -0.25) is 4.79 Å². The average molecular weight is 321 g/mol. The minimum absolute atomic E-state index is 0.0266. The van der Waals surface area contributed by atoms with Gasteiger partial charge in [0.1, 0.15) is 11.2 Å². The van der Waals surface area contributed by atoms with Crippen LogP contribution in [0, 0.1) is 0 Å². The molecule has 23 heavy (non-hydrogen) atoms. The number of halogens is 3. The van der Waals surface area contributed by atoms with Crippen molar-refractivity contribution in [2.75, 3.05) is 11.1 Å². The van der Waals surface area contributed by atoms with Gasteiger partial charge in [-0.25, -0.2) is 4.98 Å². The Hall–Kier alpha value is -3.10. The number of nitrogens with zero attached hydrogens (tertiary/aromatic N) is 2. The highest BCUT2D eigenvalue weighted by Gasteiger charge is 2.33. The van der Waals surface area contributed by atoms with Crippen LogP contribution in [-0.4, -0.2) is 15.0 Å². The second kappa shape index (κ2) is 5.27. The highest BCUT2D eigenvalue weighted by Crippen LogP contribution is 2.36. The summed E-state index contributed by atoms with van der Waals surface area (Å²) in [6, 6.07) is 6.36.